The smallest absolute Gasteiger partial charge is 0.107 e. The van der Waals surface area contributed by atoms with E-state index in [0.717, 1.165) is 4.88 Å². The number of aliphatic hydroxyl groups excluding tert-OH is 2. The zero-order valence-electron chi connectivity index (χ0n) is 7.27. The molecule has 0 amide bonds. The molecular weight excluding hydrogens is 186 g/mol. The van der Waals surface area contributed by atoms with Crippen LogP contribution in [-0.4, -0.2) is 16.3 Å². The zero-order chi connectivity index (χ0) is 9.84. The fraction of sp³-hybridized carbons (Fsp3) is 0.444. The second-order valence-electron chi connectivity index (χ2n) is 2.81. The maximum atomic E-state index is 9.60. The molecular formula is C9H11NO2S. The average Bonchev–Trinajstić information content (AvgIpc) is 2.50. The largest absolute Gasteiger partial charge is 0.389 e. The molecule has 0 spiro atoms. The van der Waals surface area contributed by atoms with Crippen LogP contribution in [0.1, 0.15) is 23.0 Å². The van der Waals surface area contributed by atoms with Crippen molar-refractivity contribution in [1.29, 1.82) is 5.26 Å². The topological polar surface area (TPSA) is 64.2 Å². The van der Waals surface area contributed by atoms with Crippen LogP contribution in [0.3, 0.4) is 0 Å². The summed E-state index contributed by atoms with van der Waals surface area (Å²) in [4.78, 5) is 0.976. The Hall–Kier alpha value is -0.890. The summed E-state index contributed by atoms with van der Waals surface area (Å²) in [6.45, 7) is 1.88. The van der Waals surface area contributed by atoms with Crippen LogP contribution in [0, 0.1) is 18.3 Å². The Morgan fingerprint density at radius 3 is 2.77 bits per heavy atom. The second-order valence-corrected chi connectivity index (χ2v) is 3.93. The molecule has 2 N–H and O–H groups in total. The molecule has 0 aliphatic carbocycles. The molecule has 0 saturated carbocycles. The Morgan fingerprint density at radius 1 is 1.62 bits per heavy atom. The number of aryl methyl sites for hydroxylation is 1. The van der Waals surface area contributed by atoms with E-state index in [4.69, 9.17) is 5.26 Å². The molecule has 1 heterocycles. The zero-order valence-corrected chi connectivity index (χ0v) is 8.08. The minimum Gasteiger partial charge on any atom is -0.389 e. The summed E-state index contributed by atoms with van der Waals surface area (Å²) in [6, 6.07) is 3.59. The van der Waals surface area contributed by atoms with Gasteiger partial charge in [-0.2, -0.15) is 5.26 Å². The van der Waals surface area contributed by atoms with Gasteiger partial charge in [0.15, 0.2) is 0 Å². The highest BCUT2D eigenvalue weighted by molar-refractivity contribution is 7.10. The van der Waals surface area contributed by atoms with Gasteiger partial charge in [-0.1, -0.05) is 0 Å². The molecule has 0 aliphatic rings. The van der Waals surface area contributed by atoms with Gasteiger partial charge in [-0.25, -0.2) is 0 Å². The summed E-state index contributed by atoms with van der Waals surface area (Å²) in [5.41, 5.74) is 0.716. The van der Waals surface area contributed by atoms with Gasteiger partial charge in [-0.3, -0.25) is 0 Å². The van der Waals surface area contributed by atoms with Crippen molar-refractivity contribution in [2.75, 3.05) is 0 Å². The van der Waals surface area contributed by atoms with Crippen LogP contribution in [-0.2, 0) is 0 Å². The molecule has 2 atom stereocenters. The molecule has 2 unspecified atom stereocenters. The van der Waals surface area contributed by atoms with Gasteiger partial charge < -0.3 is 10.2 Å². The molecule has 1 aromatic rings. The summed E-state index contributed by atoms with van der Waals surface area (Å²) in [5, 5.41) is 29.1. The predicted octanol–water partition coefficient (Wildman–Crippen LogP) is 1.36. The molecule has 0 bridgehead atoms. The molecule has 70 valence electrons. The summed E-state index contributed by atoms with van der Waals surface area (Å²) in [7, 11) is 0. The first-order chi connectivity index (χ1) is 6.16. The molecule has 3 nitrogen and oxygen atoms in total. The van der Waals surface area contributed by atoms with Crippen molar-refractivity contribution in [1.82, 2.24) is 0 Å². The van der Waals surface area contributed by atoms with E-state index in [0.29, 0.717) is 5.56 Å². The normalized spacial score (nSPS) is 14.9. The van der Waals surface area contributed by atoms with Crippen LogP contribution in [0.4, 0.5) is 0 Å². The van der Waals surface area contributed by atoms with Crippen molar-refractivity contribution in [3.8, 4) is 6.07 Å². The molecule has 13 heavy (non-hydrogen) atoms. The summed E-state index contributed by atoms with van der Waals surface area (Å²) in [6.07, 6.45) is -1.97. The van der Waals surface area contributed by atoms with Crippen LogP contribution in [0.15, 0.2) is 11.4 Å². The Balaban J connectivity index is 2.74. The highest BCUT2D eigenvalue weighted by atomic mass is 32.1. The van der Waals surface area contributed by atoms with E-state index in [1.54, 1.807) is 6.07 Å². The third-order valence-corrected chi connectivity index (χ3v) is 2.74. The molecule has 0 aromatic carbocycles. The number of aliphatic hydroxyl groups is 2. The van der Waals surface area contributed by atoms with Crippen molar-refractivity contribution >= 4 is 11.3 Å². The number of nitrogens with zero attached hydrogens (tertiary/aromatic N) is 1. The SMILES string of the molecule is Cc1sccc1C(O)C(O)CC#N. The van der Waals surface area contributed by atoms with Crippen LogP contribution >= 0.6 is 11.3 Å². The fourth-order valence-corrected chi connectivity index (χ4v) is 1.86. The number of rotatable bonds is 3. The van der Waals surface area contributed by atoms with E-state index < -0.39 is 12.2 Å². The van der Waals surface area contributed by atoms with Crippen LogP contribution in [0.25, 0.3) is 0 Å². The average molecular weight is 197 g/mol. The Kier molecular flexibility index (Phi) is 3.43. The molecule has 1 rings (SSSR count). The van der Waals surface area contributed by atoms with Crippen molar-refractivity contribution in [3.63, 3.8) is 0 Å². The molecule has 1 aromatic heterocycles. The van der Waals surface area contributed by atoms with E-state index in [-0.39, 0.29) is 6.42 Å². The van der Waals surface area contributed by atoms with Crippen molar-refractivity contribution < 1.29 is 10.2 Å². The lowest BCUT2D eigenvalue weighted by Crippen LogP contribution is -2.17. The molecule has 0 saturated heterocycles. The van der Waals surface area contributed by atoms with Gasteiger partial charge >= 0.3 is 0 Å². The van der Waals surface area contributed by atoms with E-state index >= 15 is 0 Å². The minimum atomic E-state index is -0.988. The first-order valence-corrected chi connectivity index (χ1v) is 4.82. The molecule has 4 heteroatoms. The highest BCUT2D eigenvalue weighted by Gasteiger charge is 2.19. The van der Waals surface area contributed by atoms with Crippen LogP contribution in [0.2, 0.25) is 0 Å². The number of thiophene rings is 1. The maximum Gasteiger partial charge on any atom is 0.107 e. The van der Waals surface area contributed by atoms with Crippen LogP contribution in [0.5, 0.6) is 0 Å². The molecule has 0 radical (unpaired) electrons. The van der Waals surface area contributed by atoms with Gasteiger partial charge in [0.1, 0.15) is 6.10 Å². The first kappa shape index (κ1) is 10.2. The highest BCUT2D eigenvalue weighted by Crippen LogP contribution is 2.25. The maximum absolute atomic E-state index is 9.60. The van der Waals surface area contributed by atoms with Gasteiger partial charge in [0.25, 0.3) is 0 Å². The van der Waals surface area contributed by atoms with Crippen molar-refractivity contribution in [3.05, 3.63) is 21.9 Å². The third kappa shape index (κ3) is 2.28. The van der Waals surface area contributed by atoms with E-state index in [2.05, 4.69) is 0 Å². The summed E-state index contributed by atoms with van der Waals surface area (Å²) in [5.74, 6) is 0. The number of hydrogen-bond donors (Lipinski definition) is 2. The molecule has 0 aliphatic heterocycles. The minimum absolute atomic E-state index is 0.0452. The lowest BCUT2D eigenvalue weighted by molar-refractivity contribution is 0.0215. The van der Waals surface area contributed by atoms with Crippen molar-refractivity contribution in [2.45, 2.75) is 25.6 Å². The van der Waals surface area contributed by atoms with E-state index in [9.17, 15) is 10.2 Å². The Bertz CT molecular complexity index is 316. The van der Waals surface area contributed by atoms with E-state index in [1.165, 1.54) is 11.3 Å². The van der Waals surface area contributed by atoms with Gasteiger partial charge in [-0.15, -0.1) is 11.3 Å². The summed E-state index contributed by atoms with van der Waals surface area (Å²) >= 11 is 1.51. The predicted molar refractivity (Wildman–Crippen MR) is 50.3 cm³/mol. The number of hydrogen-bond acceptors (Lipinski definition) is 4. The first-order valence-electron chi connectivity index (χ1n) is 3.94. The quantitative estimate of drug-likeness (QED) is 0.769. The lowest BCUT2D eigenvalue weighted by atomic mass is 10.0. The van der Waals surface area contributed by atoms with Gasteiger partial charge in [0.05, 0.1) is 18.6 Å². The number of nitriles is 1. The fourth-order valence-electron chi connectivity index (χ4n) is 1.11. The van der Waals surface area contributed by atoms with Gasteiger partial charge in [0.2, 0.25) is 0 Å². The standard InChI is InChI=1S/C9H11NO2S/c1-6-7(3-5-13-6)9(12)8(11)2-4-10/h3,5,8-9,11-12H,2H2,1H3. The molecule has 0 fully saturated rings. The Labute approximate surface area is 80.9 Å². The van der Waals surface area contributed by atoms with Crippen molar-refractivity contribution in [2.24, 2.45) is 0 Å². The van der Waals surface area contributed by atoms with E-state index in [1.807, 2.05) is 18.4 Å². The van der Waals surface area contributed by atoms with Gasteiger partial charge in [-0.05, 0) is 23.9 Å². The second kappa shape index (κ2) is 4.38. The van der Waals surface area contributed by atoms with Crippen LogP contribution < -0.4 is 0 Å². The summed E-state index contributed by atoms with van der Waals surface area (Å²) < 4.78 is 0. The lowest BCUT2D eigenvalue weighted by Gasteiger charge is -2.14. The van der Waals surface area contributed by atoms with Gasteiger partial charge in [0, 0.05) is 4.88 Å². The Morgan fingerprint density at radius 2 is 2.31 bits per heavy atom. The monoisotopic (exact) mass is 197 g/mol. The third-order valence-electron chi connectivity index (χ3n) is 1.88.